The van der Waals surface area contributed by atoms with Crippen molar-refractivity contribution in [3.8, 4) is 11.3 Å². The van der Waals surface area contributed by atoms with E-state index in [0.29, 0.717) is 13.1 Å². The summed E-state index contributed by atoms with van der Waals surface area (Å²) in [6.45, 7) is 4.16. The predicted octanol–water partition coefficient (Wildman–Crippen LogP) is 3.16. The van der Waals surface area contributed by atoms with Gasteiger partial charge < -0.3 is 19.5 Å². The maximum atomic E-state index is 11.5. The lowest BCUT2D eigenvalue weighted by molar-refractivity contribution is -0.118. The van der Waals surface area contributed by atoms with Crippen LogP contribution in [0, 0.1) is 6.92 Å². The van der Waals surface area contributed by atoms with Crippen LogP contribution in [0.5, 0.6) is 0 Å². The average Bonchev–Trinajstić information content (AvgIpc) is 3.15. The number of amides is 1. The molecule has 2 aromatic heterocycles. The maximum Gasteiger partial charge on any atom is 0.229 e. The van der Waals surface area contributed by atoms with Gasteiger partial charge in [-0.2, -0.15) is 25.3 Å². The lowest BCUT2D eigenvalue weighted by Crippen LogP contribution is -2.37. The lowest BCUT2D eigenvalue weighted by Gasteiger charge is -2.26. The number of imidazole rings is 1. The van der Waals surface area contributed by atoms with Crippen molar-refractivity contribution in [2.24, 2.45) is 0 Å². The van der Waals surface area contributed by atoms with Crippen molar-refractivity contribution in [1.29, 1.82) is 0 Å². The quantitative estimate of drug-likeness (QED) is 0.445. The van der Waals surface area contributed by atoms with Crippen LogP contribution in [0.4, 0.5) is 11.4 Å². The molecular formula is C22H29N5OS2. The zero-order valence-corrected chi connectivity index (χ0v) is 19.5. The minimum Gasteiger partial charge on any atom is -0.378 e. The Morgan fingerprint density at radius 1 is 1.13 bits per heavy atom. The summed E-state index contributed by atoms with van der Waals surface area (Å²) >= 11 is 8.41. The van der Waals surface area contributed by atoms with Crippen LogP contribution < -0.4 is 15.1 Å². The van der Waals surface area contributed by atoms with Crippen molar-refractivity contribution in [3.63, 3.8) is 0 Å². The Morgan fingerprint density at radius 3 is 2.50 bits per heavy atom. The van der Waals surface area contributed by atoms with Gasteiger partial charge in [0, 0.05) is 63.1 Å². The van der Waals surface area contributed by atoms with E-state index in [1.165, 1.54) is 0 Å². The van der Waals surface area contributed by atoms with E-state index in [2.05, 4.69) is 94.4 Å². The third-order valence-corrected chi connectivity index (χ3v) is 5.50. The van der Waals surface area contributed by atoms with Crippen LogP contribution in [0.25, 0.3) is 16.9 Å². The second-order valence-electron chi connectivity index (χ2n) is 7.39. The van der Waals surface area contributed by atoms with E-state index >= 15 is 0 Å². The summed E-state index contributed by atoms with van der Waals surface area (Å²) in [6, 6.07) is 10.5. The molecule has 6 nitrogen and oxygen atoms in total. The Bertz CT molecular complexity index is 1000. The summed E-state index contributed by atoms with van der Waals surface area (Å²) in [5.74, 6) is 0.867. The van der Waals surface area contributed by atoms with Crippen LogP contribution in [-0.4, -0.2) is 60.5 Å². The SMILES string of the molecule is Cc1cc2nc(-c3ccc(N(C)C)cc3)cn2cc1N(CCS)CCNC(=O)CS. The third kappa shape index (κ3) is 5.23. The van der Waals surface area contributed by atoms with E-state index in [0.717, 1.165) is 46.1 Å². The molecule has 0 spiro atoms. The molecule has 0 radical (unpaired) electrons. The predicted molar refractivity (Wildman–Crippen MR) is 133 cm³/mol. The van der Waals surface area contributed by atoms with Crippen LogP contribution in [0.3, 0.4) is 0 Å². The van der Waals surface area contributed by atoms with Crippen LogP contribution in [-0.2, 0) is 4.79 Å². The number of carbonyl (C=O) groups is 1. The summed E-state index contributed by atoms with van der Waals surface area (Å²) < 4.78 is 2.06. The first kappa shape index (κ1) is 22.4. The van der Waals surface area contributed by atoms with Crippen LogP contribution >= 0.6 is 25.3 Å². The second-order valence-corrected chi connectivity index (χ2v) is 8.16. The van der Waals surface area contributed by atoms with E-state index in [1.807, 2.05) is 14.1 Å². The number of rotatable bonds is 9. The van der Waals surface area contributed by atoms with Gasteiger partial charge >= 0.3 is 0 Å². The Labute approximate surface area is 189 Å². The Hall–Kier alpha value is -2.32. The molecule has 3 aromatic rings. The molecule has 0 atom stereocenters. The molecule has 30 heavy (non-hydrogen) atoms. The van der Waals surface area contributed by atoms with Crippen molar-refractivity contribution in [2.45, 2.75) is 6.92 Å². The van der Waals surface area contributed by atoms with E-state index in [9.17, 15) is 4.79 Å². The van der Waals surface area contributed by atoms with Gasteiger partial charge in [-0.05, 0) is 30.7 Å². The molecule has 2 heterocycles. The smallest absolute Gasteiger partial charge is 0.229 e. The van der Waals surface area contributed by atoms with E-state index in [1.54, 1.807) is 0 Å². The molecule has 0 fully saturated rings. The third-order valence-electron chi connectivity index (χ3n) is 5.01. The first-order valence-electron chi connectivity index (χ1n) is 9.93. The fourth-order valence-electron chi connectivity index (χ4n) is 3.38. The maximum absolute atomic E-state index is 11.5. The second kappa shape index (κ2) is 10.1. The van der Waals surface area contributed by atoms with E-state index in [4.69, 9.17) is 4.98 Å². The topological polar surface area (TPSA) is 52.9 Å². The fourth-order valence-corrected chi connectivity index (χ4v) is 3.73. The number of hydrogen-bond acceptors (Lipinski definition) is 6. The zero-order chi connectivity index (χ0) is 21.7. The fraction of sp³-hybridized carbons (Fsp3) is 0.364. The molecular weight excluding hydrogens is 414 g/mol. The molecule has 0 saturated heterocycles. The van der Waals surface area contributed by atoms with Crippen molar-refractivity contribution in [2.75, 3.05) is 55.0 Å². The minimum atomic E-state index is -0.0594. The molecule has 8 heteroatoms. The Morgan fingerprint density at radius 2 is 1.87 bits per heavy atom. The number of benzene rings is 1. The highest BCUT2D eigenvalue weighted by atomic mass is 32.1. The molecule has 0 aliphatic rings. The van der Waals surface area contributed by atoms with Gasteiger partial charge in [0.2, 0.25) is 5.91 Å². The average molecular weight is 444 g/mol. The number of pyridine rings is 1. The molecule has 0 aliphatic carbocycles. The number of nitrogens with zero attached hydrogens (tertiary/aromatic N) is 4. The van der Waals surface area contributed by atoms with Gasteiger partial charge in [0.15, 0.2) is 0 Å². The van der Waals surface area contributed by atoms with E-state index < -0.39 is 0 Å². The standard InChI is InChI=1S/C22H29N5OS2/c1-16-12-21-24-19(17-4-6-18(7-5-17)25(2)3)13-27(21)14-20(16)26(10-11-29)9-8-23-22(28)15-30/h4-7,12-14,29-30H,8-11,15H2,1-3H3,(H,23,28). The normalized spacial score (nSPS) is 11.0. The number of aryl methyl sites for hydroxylation is 1. The zero-order valence-electron chi connectivity index (χ0n) is 17.7. The first-order chi connectivity index (χ1) is 14.4. The highest BCUT2D eigenvalue weighted by molar-refractivity contribution is 7.81. The summed E-state index contributed by atoms with van der Waals surface area (Å²) in [5.41, 5.74) is 6.36. The van der Waals surface area contributed by atoms with Gasteiger partial charge in [-0.3, -0.25) is 4.79 Å². The number of carbonyl (C=O) groups excluding carboxylic acids is 1. The summed E-state index contributed by atoms with van der Waals surface area (Å²) in [7, 11) is 4.06. The Kier molecular flexibility index (Phi) is 7.55. The number of thiol groups is 2. The Balaban J connectivity index is 1.86. The molecule has 0 aliphatic heterocycles. The first-order valence-corrected chi connectivity index (χ1v) is 11.2. The van der Waals surface area contributed by atoms with Crippen molar-refractivity contribution in [3.05, 3.63) is 48.3 Å². The number of anilines is 2. The molecule has 1 amide bonds. The highest BCUT2D eigenvalue weighted by Crippen LogP contribution is 2.26. The number of aromatic nitrogens is 2. The van der Waals surface area contributed by atoms with Gasteiger partial charge in [0.05, 0.1) is 17.1 Å². The number of hydrogen-bond donors (Lipinski definition) is 3. The molecule has 0 saturated carbocycles. The van der Waals surface area contributed by atoms with Crippen molar-refractivity contribution >= 4 is 48.2 Å². The van der Waals surface area contributed by atoms with Gasteiger partial charge in [0.1, 0.15) is 5.65 Å². The number of nitrogens with one attached hydrogen (secondary N) is 1. The van der Waals surface area contributed by atoms with E-state index in [-0.39, 0.29) is 11.7 Å². The van der Waals surface area contributed by atoms with Crippen molar-refractivity contribution in [1.82, 2.24) is 14.7 Å². The van der Waals surface area contributed by atoms with Crippen LogP contribution in [0.2, 0.25) is 0 Å². The molecule has 1 N–H and O–H groups in total. The number of fused-ring (bicyclic) bond motifs is 1. The monoisotopic (exact) mass is 443 g/mol. The summed E-state index contributed by atoms with van der Waals surface area (Å²) in [6.07, 6.45) is 4.17. The lowest BCUT2D eigenvalue weighted by atomic mass is 10.1. The summed E-state index contributed by atoms with van der Waals surface area (Å²) in [4.78, 5) is 20.6. The molecule has 3 rings (SSSR count). The van der Waals surface area contributed by atoms with Gasteiger partial charge in [-0.25, -0.2) is 4.98 Å². The molecule has 0 unspecified atom stereocenters. The molecule has 160 valence electrons. The van der Waals surface area contributed by atoms with Gasteiger partial charge in [-0.15, -0.1) is 0 Å². The van der Waals surface area contributed by atoms with Crippen LogP contribution in [0.1, 0.15) is 5.56 Å². The summed E-state index contributed by atoms with van der Waals surface area (Å²) in [5, 5.41) is 2.88. The van der Waals surface area contributed by atoms with Crippen LogP contribution in [0.15, 0.2) is 42.7 Å². The molecule has 1 aromatic carbocycles. The largest absolute Gasteiger partial charge is 0.378 e. The highest BCUT2D eigenvalue weighted by Gasteiger charge is 2.13. The molecule has 0 bridgehead atoms. The van der Waals surface area contributed by atoms with Gasteiger partial charge in [0.25, 0.3) is 0 Å². The van der Waals surface area contributed by atoms with Crippen molar-refractivity contribution < 1.29 is 4.79 Å². The van der Waals surface area contributed by atoms with Gasteiger partial charge in [-0.1, -0.05) is 12.1 Å². The minimum absolute atomic E-state index is 0.0594.